The first-order valence-electron chi connectivity index (χ1n) is 8.70. The van der Waals surface area contributed by atoms with Crippen LogP contribution in [0.4, 0.5) is 13.2 Å². The van der Waals surface area contributed by atoms with Crippen LogP contribution in [0, 0.1) is 0 Å². The number of alkyl halides is 3. The summed E-state index contributed by atoms with van der Waals surface area (Å²) in [7, 11) is 0. The molecule has 152 valence electrons. The Balaban J connectivity index is 0.000000321. The molecule has 3 rings (SSSR count). The third-order valence-electron chi connectivity index (χ3n) is 4.50. The summed E-state index contributed by atoms with van der Waals surface area (Å²) in [5, 5.41) is 11.5. The van der Waals surface area contributed by atoms with E-state index in [0.29, 0.717) is 25.4 Å². The molecule has 2 aliphatic rings. The first kappa shape index (κ1) is 21.9. The number of fused-ring (bicyclic) bond motifs is 1. The maximum absolute atomic E-state index is 10.6. The van der Waals surface area contributed by atoms with Crippen molar-refractivity contribution in [1.82, 2.24) is 4.90 Å². The zero-order valence-corrected chi connectivity index (χ0v) is 15.7. The molecule has 0 saturated carbocycles. The van der Waals surface area contributed by atoms with Crippen LogP contribution in [-0.2, 0) is 20.8 Å². The number of carbonyl (C=O) groups is 1. The van der Waals surface area contributed by atoms with Crippen LogP contribution in [0.2, 0.25) is 0 Å². The number of hydrogen-bond acceptors (Lipinski definition) is 5. The van der Waals surface area contributed by atoms with E-state index in [0.717, 1.165) is 25.9 Å². The van der Waals surface area contributed by atoms with Crippen LogP contribution in [0.1, 0.15) is 24.8 Å². The van der Waals surface area contributed by atoms with Crippen LogP contribution in [-0.4, -0.2) is 60.2 Å². The first-order chi connectivity index (χ1) is 12.8. The normalized spacial score (nSPS) is 25.4. The van der Waals surface area contributed by atoms with Crippen molar-refractivity contribution < 1.29 is 32.5 Å². The molecule has 2 saturated heterocycles. The second-order valence-electron chi connectivity index (χ2n) is 6.46. The largest absolute Gasteiger partial charge is 0.490 e. The summed E-state index contributed by atoms with van der Waals surface area (Å²) in [6.07, 6.45) is 0.892. The van der Waals surface area contributed by atoms with Gasteiger partial charge in [0, 0.05) is 19.1 Å². The van der Waals surface area contributed by atoms with E-state index in [2.05, 4.69) is 28.3 Å². The molecule has 0 unspecified atom stereocenters. The Bertz CT molecular complexity index is 594. The fraction of sp³-hybridized carbons (Fsp3) is 0.611. The van der Waals surface area contributed by atoms with Crippen LogP contribution in [0.5, 0.6) is 0 Å². The number of nitrogens with zero attached hydrogens (tertiary/aromatic N) is 1. The summed E-state index contributed by atoms with van der Waals surface area (Å²) in [5.74, 6) is -2.76. The SMILES string of the molecule is C=CCOC[C@H]1CC[C@H]2[C@H](CCN2Cc2ccsc2)O1.O=C(O)C(F)(F)F. The third kappa shape index (κ3) is 6.91. The highest BCUT2D eigenvalue weighted by Gasteiger charge is 2.39. The second kappa shape index (κ2) is 10.2. The standard InChI is InChI=1S/C16H23NO2S.C2HF3O2/c1-2-8-18-11-14-3-4-15-16(19-14)5-7-17(15)10-13-6-9-20-12-13;3-2(4,5)1(6)7/h2,6,9,12,14-16H,1,3-5,7-8,10-11H2;(H,6,7)/t14-,15+,16+;/m1./s1. The summed E-state index contributed by atoms with van der Waals surface area (Å²) in [4.78, 5) is 11.5. The van der Waals surface area contributed by atoms with Gasteiger partial charge in [-0.2, -0.15) is 24.5 Å². The van der Waals surface area contributed by atoms with Gasteiger partial charge in [0.1, 0.15) is 0 Å². The molecule has 2 aliphatic heterocycles. The molecule has 3 atom stereocenters. The van der Waals surface area contributed by atoms with Crippen LogP contribution >= 0.6 is 11.3 Å². The minimum atomic E-state index is -5.08. The van der Waals surface area contributed by atoms with Crippen molar-refractivity contribution in [2.45, 2.75) is 50.2 Å². The molecule has 1 aromatic rings. The zero-order chi connectivity index (χ0) is 19.9. The summed E-state index contributed by atoms with van der Waals surface area (Å²) >= 11 is 1.78. The van der Waals surface area contributed by atoms with E-state index in [1.54, 1.807) is 17.4 Å². The van der Waals surface area contributed by atoms with Gasteiger partial charge in [0.25, 0.3) is 0 Å². The number of thiophene rings is 1. The lowest BCUT2D eigenvalue weighted by Gasteiger charge is -2.35. The van der Waals surface area contributed by atoms with E-state index < -0.39 is 12.1 Å². The number of aliphatic carboxylic acids is 1. The van der Waals surface area contributed by atoms with E-state index >= 15 is 0 Å². The molecular weight excluding hydrogens is 383 g/mol. The van der Waals surface area contributed by atoms with Gasteiger partial charge in [0.2, 0.25) is 0 Å². The summed E-state index contributed by atoms with van der Waals surface area (Å²) < 4.78 is 43.5. The Kier molecular flexibility index (Phi) is 8.28. The molecule has 0 spiro atoms. The Morgan fingerprint density at radius 3 is 2.78 bits per heavy atom. The van der Waals surface area contributed by atoms with Gasteiger partial charge >= 0.3 is 12.1 Å². The number of ether oxygens (including phenoxy) is 2. The van der Waals surface area contributed by atoms with E-state index in [4.69, 9.17) is 19.4 Å². The molecule has 0 bridgehead atoms. The topological polar surface area (TPSA) is 59.0 Å². The Morgan fingerprint density at radius 2 is 2.19 bits per heavy atom. The number of hydrogen-bond donors (Lipinski definition) is 1. The van der Waals surface area contributed by atoms with Gasteiger partial charge in [-0.15, -0.1) is 6.58 Å². The van der Waals surface area contributed by atoms with Crippen LogP contribution in [0.15, 0.2) is 29.5 Å². The van der Waals surface area contributed by atoms with Gasteiger partial charge in [0.05, 0.1) is 25.4 Å². The quantitative estimate of drug-likeness (QED) is 0.576. The lowest BCUT2D eigenvalue weighted by Crippen LogP contribution is -2.43. The molecule has 0 aromatic carbocycles. The molecule has 1 N–H and O–H groups in total. The number of carboxylic acids is 1. The molecule has 5 nitrogen and oxygen atoms in total. The van der Waals surface area contributed by atoms with Gasteiger partial charge in [-0.25, -0.2) is 4.79 Å². The highest BCUT2D eigenvalue weighted by Crippen LogP contribution is 2.32. The minimum absolute atomic E-state index is 0.275. The molecule has 27 heavy (non-hydrogen) atoms. The summed E-state index contributed by atoms with van der Waals surface area (Å²) in [6.45, 7) is 7.23. The fourth-order valence-electron chi connectivity index (χ4n) is 3.30. The second-order valence-corrected chi connectivity index (χ2v) is 7.24. The van der Waals surface area contributed by atoms with E-state index in [1.165, 1.54) is 12.0 Å². The number of halogens is 3. The van der Waals surface area contributed by atoms with Gasteiger partial charge in [0.15, 0.2) is 0 Å². The predicted molar refractivity (Wildman–Crippen MR) is 95.7 cm³/mol. The third-order valence-corrected chi connectivity index (χ3v) is 5.23. The van der Waals surface area contributed by atoms with E-state index in [-0.39, 0.29) is 6.10 Å². The van der Waals surface area contributed by atoms with Crippen LogP contribution in [0.3, 0.4) is 0 Å². The first-order valence-corrected chi connectivity index (χ1v) is 9.65. The van der Waals surface area contributed by atoms with Crippen molar-refractivity contribution in [2.24, 2.45) is 0 Å². The highest BCUT2D eigenvalue weighted by molar-refractivity contribution is 7.07. The summed E-state index contributed by atoms with van der Waals surface area (Å²) in [6, 6.07) is 2.83. The van der Waals surface area contributed by atoms with Crippen molar-refractivity contribution in [3.05, 3.63) is 35.0 Å². The molecule has 1 aromatic heterocycles. The predicted octanol–water partition coefficient (Wildman–Crippen LogP) is 3.71. The average molecular weight is 407 g/mol. The summed E-state index contributed by atoms with van der Waals surface area (Å²) in [5.41, 5.74) is 1.44. The Morgan fingerprint density at radius 1 is 1.44 bits per heavy atom. The number of likely N-dealkylation sites (tertiary alicyclic amines) is 1. The maximum Gasteiger partial charge on any atom is 0.490 e. The van der Waals surface area contributed by atoms with E-state index in [9.17, 15) is 13.2 Å². The van der Waals surface area contributed by atoms with Crippen molar-refractivity contribution >= 4 is 17.3 Å². The molecule has 2 fully saturated rings. The van der Waals surface area contributed by atoms with Crippen LogP contribution < -0.4 is 0 Å². The average Bonchev–Trinajstić information content (AvgIpc) is 3.25. The van der Waals surface area contributed by atoms with Gasteiger partial charge in [-0.05, 0) is 41.7 Å². The fourth-order valence-corrected chi connectivity index (χ4v) is 3.96. The van der Waals surface area contributed by atoms with Crippen molar-refractivity contribution in [1.29, 1.82) is 0 Å². The molecule has 0 aliphatic carbocycles. The smallest absolute Gasteiger partial charge is 0.475 e. The Hall–Kier alpha value is -1.42. The molecule has 0 amide bonds. The van der Waals surface area contributed by atoms with Crippen LogP contribution in [0.25, 0.3) is 0 Å². The molecule has 9 heteroatoms. The van der Waals surface area contributed by atoms with Gasteiger partial charge in [-0.1, -0.05) is 6.08 Å². The van der Waals surface area contributed by atoms with Crippen molar-refractivity contribution in [3.8, 4) is 0 Å². The zero-order valence-electron chi connectivity index (χ0n) is 14.9. The van der Waals surface area contributed by atoms with E-state index in [1.807, 2.05) is 0 Å². The van der Waals surface area contributed by atoms with Gasteiger partial charge < -0.3 is 14.6 Å². The maximum atomic E-state index is 10.6. The lowest BCUT2D eigenvalue weighted by atomic mass is 9.99. The minimum Gasteiger partial charge on any atom is -0.475 e. The molecular formula is C18H24F3NO4S. The van der Waals surface area contributed by atoms with Crippen molar-refractivity contribution in [2.75, 3.05) is 19.8 Å². The van der Waals surface area contributed by atoms with Crippen molar-refractivity contribution in [3.63, 3.8) is 0 Å². The number of rotatable bonds is 6. The number of carboxylic acid groups (broad SMARTS) is 1. The molecule has 3 heterocycles. The molecule has 0 radical (unpaired) electrons. The lowest BCUT2D eigenvalue weighted by molar-refractivity contribution is -0.192. The monoisotopic (exact) mass is 407 g/mol. The Labute approximate surface area is 160 Å². The van der Waals surface area contributed by atoms with Gasteiger partial charge in [-0.3, -0.25) is 4.90 Å². The highest BCUT2D eigenvalue weighted by atomic mass is 32.1.